The smallest absolute Gasteiger partial charge is 0.00745 e. The van der Waals surface area contributed by atoms with Gasteiger partial charge in [-0.3, -0.25) is 0 Å². The first-order chi connectivity index (χ1) is 33.0. The number of nitrogens with one attached hydrogen (secondary N) is 7. The lowest BCUT2D eigenvalue weighted by Crippen LogP contribution is -2.23. The Bertz CT molecular complexity index is 1110. The monoisotopic (exact) mass is 942 g/mol. The molecule has 11 nitrogen and oxygen atoms in total. The zero-order valence-corrected chi connectivity index (χ0v) is 44.6. The van der Waals surface area contributed by atoms with Crippen LogP contribution < -0.4 is 60.2 Å². The van der Waals surface area contributed by atoms with Crippen molar-refractivity contribution in [1.82, 2.24) is 37.2 Å². The van der Waals surface area contributed by atoms with E-state index in [9.17, 15) is 0 Å². The van der Waals surface area contributed by atoms with Gasteiger partial charge in [0.15, 0.2) is 0 Å². The molecular formula is C56H115N11. The molecule has 0 aliphatic heterocycles. The second-order valence-electron chi connectivity index (χ2n) is 18.3. The van der Waals surface area contributed by atoms with Crippen LogP contribution in [0.4, 0.5) is 0 Å². The molecule has 2 rings (SSSR count). The second-order valence-corrected chi connectivity index (χ2v) is 18.3. The normalized spacial score (nSPS) is 11.8. The van der Waals surface area contributed by atoms with Crippen molar-refractivity contribution in [2.45, 2.75) is 168 Å². The minimum absolute atomic E-state index is 0.593. The van der Waals surface area contributed by atoms with Gasteiger partial charge in [-0.05, 0) is 204 Å². The fourth-order valence-corrected chi connectivity index (χ4v) is 7.26. The molecule has 394 valence electrons. The van der Waals surface area contributed by atoms with Gasteiger partial charge >= 0.3 is 0 Å². The maximum atomic E-state index is 5.47. The first-order valence-corrected chi connectivity index (χ1v) is 27.9. The van der Waals surface area contributed by atoms with E-state index in [1.165, 1.54) is 153 Å². The number of nitrogens with two attached hydrogens (primary N) is 4. The summed E-state index contributed by atoms with van der Waals surface area (Å²) < 4.78 is 0. The van der Waals surface area contributed by atoms with E-state index in [0.717, 1.165) is 104 Å². The molecule has 11 heteroatoms. The highest BCUT2D eigenvalue weighted by Crippen LogP contribution is 2.14. The highest BCUT2D eigenvalue weighted by molar-refractivity contribution is 5.19. The van der Waals surface area contributed by atoms with Crippen LogP contribution in [-0.4, -0.2) is 118 Å². The van der Waals surface area contributed by atoms with Gasteiger partial charge in [0.05, 0.1) is 0 Å². The highest BCUT2D eigenvalue weighted by atomic mass is 14.9. The Morgan fingerprint density at radius 3 is 0.821 bits per heavy atom. The standard InChI is InChI=1S/C19H35N3.C14H24N2.C13H31N3.C10H25N3/c1-18(19-11-5-2-6-12-19)17-22-16-10-4-9-15-21-14-8-3-7-13-20;1-13(14-8-4-2-5-9-14)12-16-11-7-3-6-10-15;1-2-10-15-11-7-4-8-13-16-12-6-3-5-9-14;1-2-7-12-8-4-3-5-9-13-10-6-11/h2,5-6,11-12,18,21-22H,3-4,7-10,13-17,20H2,1H3;2,4-5,8-9,13,16H,3,6-7,10-12,15H2,1H3;15-16H,2-14H2,1H3;12-13H,2-11H2,1H3. The van der Waals surface area contributed by atoms with Gasteiger partial charge in [0.25, 0.3) is 0 Å². The van der Waals surface area contributed by atoms with Gasteiger partial charge in [-0.1, -0.05) is 127 Å². The summed E-state index contributed by atoms with van der Waals surface area (Å²) in [7, 11) is 0. The predicted molar refractivity (Wildman–Crippen MR) is 300 cm³/mol. The first-order valence-electron chi connectivity index (χ1n) is 27.9. The average molecular weight is 943 g/mol. The van der Waals surface area contributed by atoms with E-state index >= 15 is 0 Å². The largest absolute Gasteiger partial charge is 0.330 e. The molecule has 15 N–H and O–H groups in total. The predicted octanol–water partition coefficient (Wildman–Crippen LogP) is 8.36. The molecule has 2 aromatic carbocycles. The third-order valence-corrected chi connectivity index (χ3v) is 11.6. The molecule has 67 heavy (non-hydrogen) atoms. The minimum Gasteiger partial charge on any atom is -0.330 e. The van der Waals surface area contributed by atoms with Crippen LogP contribution in [0.15, 0.2) is 60.7 Å². The Morgan fingerprint density at radius 1 is 0.299 bits per heavy atom. The van der Waals surface area contributed by atoms with Gasteiger partial charge < -0.3 is 60.2 Å². The number of unbranched alkanes of at least 4 members (excludes halogenated alkanes) is 12. The van der Waals surface area contributed by atoms with Crippen LogP contribution in [0.3, 0.4) is 0 Å². The van der Waals surface area contributed by atoms with Crippen LogP contribution in [0.25, 0.3) is 0 Å². The Balaban J connectivity index is 0. The Hall–Kier alpha value is -2.00. The fraction of sp³-hybridized carbons (Fsp3) is 0.786. The number of hydrogen-bond donors (Lipinski definition) is 11. The summed E-state index contributed by atoms with van der Waals surface area (Å²) >= 11 is 0. The molecule has 0 heterocycles. The molecule has 2 atom stereocenters. The van der Waals surface area contributed by atoms with Crippen molar-refractivity contribution in [3.8, 4) is 0 Å². The molecule has 0 spiro atoms. The number of hydrogen-bond acceptors (Lipinski definition) is 11. The number of rotatable bonds is 45. The van der Waals surface area contributed by atoms with Crippen molar-refractivity contribution in [2.75, 3.05) is 118 Å². The molecule has 0 radical (unpaired) electrons. The third-order valence-electron chi connectivity index (χ3n) is 11.6. The topological polar surface area (TPSA) is 188 Å². The molecule has 0 saturated heterocycles. The van der Waals surface area contributed by atoms with Gasteiger partial charge in [0, 0.05) is 26.2 Å². The van der Waals surface area contributed by atoms with Crippen molar-refractivity contribution in [2.24, 2.45) is 22.9 Å². The SMILES string of the molecule is CC(CNCCCCCN)c1ccccc1.CC(CNCCCCCNCCCCCN)c1ccccc1.CCCNCCCCCNCCCCCN.CCCNCCCCCNCCN. The molecule has 2 aromatic rings. The Morgan fingerprint density at radius 2 is 0.552 bits per heavy atom. The van der Waals surface area contributed by atoms with Gasteiger partial charge in [-0.15, -0.1) is 0 Å². The zero-order valence-electron chi connectivity index (χ0n) is 44.6. The van der Waals surface area contributed by atoms with E-state index in [1.807, 2.05) is 0 Å². The van der Waals surface area contributed by atoms with Gasteiger partial charge in [-0.2, -0.15) is 0 Å². The number of benzene rings is 2. The lowest BCUT2D eigenvalue weighted by Gasteiger charge is -2.13. The van der Waals surface area contributed by atoms with Gasteiger partial charge in [-0.25, -0.2) is 0 Å². The van der Waals surface area contributed by atoms with Crippen LogP contribution in [0.2, 0.25) is 0 Å². The quantitative estimate of drug-likeness (QED) is 0.0287. The van der Waals surface area contributed by atoms with Crippen molar-refractivity contribution in [3.63, 3.8) is 0 Å². The van der Waals surface area contributed by atoms with E-state index in [1.54, 1.807) is 0 Å². The third kappa shape index (κ3) is 54.8. The summed E-state index contributed by atoms with van der Waals surface area (Å²) in [6, 6.07) is 21.4. The van der Waals surface area contributed by atoms with Crippen molar-refractivity contribution in [1.29, 1.82) is 0 Å². The van der Waals surface area contributed by atoms with Crippen LogP contribution in [0.1, 0.15) is 179 Å². The molecule has 0 amide bonds. The van der Waals surface area contributed by atoms with Crippen LogP contribution >= 0.6 is 0 Å². The fourth-order valence-electron chi connectivity index (χ4n) is 7.26. The van der Waals surface area contributed by atoms with Gasteiger partial charge in [0.2, 0.25) is 0 Å². The Labute approximate surface area is 416 Å². The zero-order chi connectivity index (χ0) is 49.2. The summed E-state index contributed by atoms with van der Waals surface area (Å²) in [6.45, 7) is 28.0. The van der Waals surface area contributed by atoms with Gasteiger partial charge in [0.1, 0.15) is 0 Å². The van der Waals surface area contributed by atoms with E-state index in [0.29, 0.717) is 11.8 Å². The summed E-state index contributed by atoms with van der Waals surface area (Å²) in [4.78, 5) is 0. The average Bonchev–Trinajstić information content (AvgIpc) is 3.36. The maximum absolute atomic E-state index is 5.47. The summed E-state index contributed by atoms with van der Waals surface area (Å²) in [5.74, 6) is 1.19. The molecule has 0 aliphatic rings. The molecule has 2 unspecified atom stereocenters. The lowest BCUT2D eigenvalue weighted by atomic mass is 10.0. The maximum Gasteiger partial charge on any atom is 0.00745 e. The molecule has 0 fully saturated rings. The van der Waals surface area contributed by atoms with E-state index in [4.69, 9.17) is 22.9 Å². The van der Waals surface area contributed by atoms with E-state index in [-0.39, 0.29) is 0 Å². The second kappa shape index (κ2) is 60.1. The molecular weight excluding hydrogens is 827 g/mol. The molecule has 0 bridgehead atoms. The van der Waals surface area contributed by atoms with Crippen molar-refractivity contribution < 1.29 is 0 Å². The summed E-state index contributed by atoms with van der Waals surface area (Å²) in [6.07, 6.45) is 25.2. The van der Waals surface area contributed by atoms with Crippen LogP contribution in [-0.2, 0) is 0 Å². The van der Waals surface area contributed by atoms with E-state index < -0.39 is 0 Å². The minimum atomic E-state index is 0.593. The first kappa shape index (κ1) is 67.1. The summed E-state index contributed by atoms with van der Waals surface area (Å²) in [5, 5.41) is 24.2. The van der Waals surface area contributed by atoms with Crippen LogP contribution in [0.5, 0.6) is 0 Å². The van der Waals surface area contributed by atoms with E-state index in [2.05, 4.69) is 126 Å². The lowest BCUT2D eigenvalue weighted by molar-refractivity contribution is 0.544. The highest BCUT2D eigenvalue weighted by Gasteiger charge is 2.04. The molecule has 0 aromatic heterocycles. The Kier molecular flexibility index (Phi) is 60.2. The van der Waals surface area contributed by atoms with Crippen LogP contribution in [0, 0.1) is 0 Å². The summed E-state index contributed by atoms with van der Waals surface area (Å²) in [5.41, 5.74) is 24.5. The molecule has 0 aliphatic carbocycles. The molecule has 0 saturated carbocycles. The van der Waals surface area contributed by atoms with Crippen molar-refractivity contribution in [3.05, 3.63) is 71.8 Å². The van der Waals surface area contributed by atoms with Crippen molar-refractivity contribution >= 4 is 0 Å².